The maximum absolute atomic E-state index is 14.9. The summed E-state index contributed by atoms with van der Waals surface area (Å²) >= 11 is 6.80. The molecule has 0 fully saturated rings. The lowest BCUT2D eigenvalue weighted by Crippen LogP contribution is -2.53. The fourth-order valence-corrected chi connectivity index (χ4v) is 8.57. The zero-order valence-electron chi connectivity index (χ0n) is 45.1. The quantitative estimate of drug-likeness (QED) is 0.0121. The summed E-state index contributed by atoms with van der Waals surface area (Å²) in [6, 6.07) is 13.8. The molecule has 0 saturated carbocycles. The molecule has 81 heavy (non-hydrogen) atoms. The van der Waals surface area contributed by atoms with E-state index in [0.29, 0.717) is 28.7 Å². The molecule has 0 spiro atoms. The molecule has 3 N–H and O–H groups in total. The van der Waals surface area contributed by atoms with Gasteiger partial charge in [0.2, 0.25) is 40.7 Å². The Labute approximate surface area is 470 Å². The number of allylic oxidation sites excluding steroid dienone is 4. The van der Waals surface area contributed by atoms with Gasteiger partial charge in [0.05, 0.1) is 7.11 Å². The average Bonchev–Trinajstić information content (AvgIpc) is 3.47. The van der Waals surface area contributed by atoms with Gasteiger partial charge in [-0.15, -0.1) is 0 Å². The molecule has 22 heteroatoms. The lowest BCUT2D eigenvalue weighted by molar-refractivity contribution is -0.152. The molecule has 3 atom stereocenters. The SMILES string of the molecule is COC(=O)C(Cc1cc(-c2ccc(OCc3ccccc3)c(CC(NC(=O)OCC3=CCCC=C3)C(=O)Oc3c(F)c(F)c(F)c(F)c3F)c2)ccc1Cl)N(C)C(=O)[C@H](CCCNC(=O)OCC1=CCCC=C1)NC(=O)OC(C)(C)C. The van der Waals surface area contributed by atoms with Crippen LogP contribution in [0.5, 0.6) is 11.5 Å². The zero-order chi connectivity index (χ0) is 58.8. The molecular formula is C59H62ClF5N4O12. The van der Waals surface area contributed by atoms with Crippen molar-refractivity contribution in [2.45, 2.75) is 102 Å². The van der Waals surface area contributed by atoms with Crippen molar-refractivity contribution in [2.24, 2.45) is 0 Å². The van der Waals surface area contributed by atoms with Gasteiger partial charge >= 0.3 is 30.2 Å². The second-order valence-corrected chi connectivity index (χ2v) is 20.2. The zero-order valence-corrected chi connectivity index (χ0v) is 45.9. The Morgan fingerprint density at radius 3 is 1.84 bits per heavy atom. The molecule has 6 rings (SSSR count). The number of nitrogens with zero attached hydrogens (tertiary/aromatic N) is 1. The van der Waals surface area contributed by atoms with E-state index in [9.17, 15) is 50.7 Å². The van der Waals surface area contributed by atoms with Crippen LogP contribution in [0.4, 0.5) is 36.3 Å². The lowest BCUT2D eigenvalue weighted by Gasteiger charge is -2.31. The van der Waals surface area contributed by atoms with E-state index >= 15 is 0 Å². The first kappa shape index (κ1) is 62.0. The van der Waals surface area contributed by atoms with E-state index in [1.54, 1.807) is 75.4 Å². The van der Waals surface area contributed by atoms with E-state index in [4.69, 9.17) is 40.0 Å². The number of methoxy groups -OCH3 is 1. The van der Waals surface area contributed by atoms with Gasteiger partial charge in [-0.25, -0.2) is 37.1 Å². The summed E-state index contributed by atoms with van der Waals surface area (Å²) in [5.74, 6) is -17.1. The van der Waals surface area contributed by atoms with Gasteiger partial charge in [-0.3, -0.25) is 4.79 Å². The fraction of sp³-hybridized carbons (Fsp3) is 0.356. The number of benzene rings is 4. The first-order valence-electron chi connectivity index (χ1n) is 25.8. The maximum Gasteiger partial charge on any atom is 0.408 e. The fourth-order valence-electron chi connectivity index (χ4n) is 8.37. The number of esters is 2. The number of rotatable bonds is 23. The summed E-state index contributed by atoms with van der Waals surface area (Å²) < 4.78 is 105. The van der Waals surface area contributed by atoms with E-state index in [-0.39, 0.29) is 62.0 Å². The third-order valence-corrected chi connectivity index (χ3v) is 12.9. The van der Waals surface area contributed by atoms with Crippen LogP contribution in [0, 0.1) is 29.1 Å². The summed E-state index contributed by atoms with van der Waals surface area (Å²) in [4.78, 5) is 82.0. The molecule has 0 aliphatic heterocycles. The minimum atomic E-state index is -2.49. The second kappa shape index (κ2) is 29.3. The van der Waals surface area contributed by atoms with E-state index in [2.05, 4.69) is 16.0 Å². The van der Waals surface area contributed by atoms with Crippen LogP contribution in [0.15, 0.2) is 114 Å². The number of amides is 4. The molecule has 0 saturated heterocycles. The van der Waals surface area contributed by atoms with E-state index in [1.807, 2.05) is 30.4 Å². The van der Waals surface area contributed by atoms with Crippen molar-refractivity contribution in [1.82, 2.24) is 20.9 Å². The second-order valence-electron chi connectivity index (χ2n) is 19.8. The first-order chi connectivity index (χ1) is 38.6. The average molecular weight is 1150 g/mol. The van der Waals surface area contributed by atoms with Gasteiger partial charge in [-0.05, 0) is 123 Å². The minimum Gasteiger partial charge on any atom is -0.489 e. The summed E-state index contributed by atoms with van der Waals surface area (Å²) in [7, 11) is 2.47. The molecule has 2 aliphatic rings. The molecule has 0 aromatic heterocycles. The van der Waals surface area contributed by atoms with Crippen LogP contribution in [0.2, 0.25) is 5.02 Å². The highest BCUT2D eigenvalue weighted by Gasteiger charge is 2.36. The van der Waals surface area contributed by atoms with Crippen LogP contribution >= 0.6 is 11.6 Å². The molecule has 4 aromatic carbocycles. The van der Waals surface area contributed by atoms with Crippen LogP contribution in [0.1, 0.15) is 76.0 Å². The van der Waals surface area contributed by atoms with Crippen LogP contribution < -0.4 is 25.4 Å². The Morgan fingerprint density at radius 1 is 0.667 bits per heavy atom. The number of hydrogen-bond donors (Lipinski definition) is 3. The van der Waals surface area contributed by atoms with Gasteiger partial charge in [0.25, 0.3) is 0 Å². The summed E-state index contributed by atoms with van der Waals surface area (Å²) in [6.07, 6.45) is 10.9. The van der Waals surface area contributed by atoms with Crippen LogP contribution in [-0.2, 0) is 52.8 Å². The van der Waals surface area contributed by atoms with Gasteiger partial charge < -0.3 is 49.3 Å². The van der Waals surface area contributed by atoms with Crippen molar-refractivity contribution in [3.63, 3.8) is 0 Å². The predicted molar refractivity (Wildman–Crippen MR) is 288 cm³/mol. The third-order valence-electron chi connectivity index (χ3n) is 12.6. The van der Waals surface area contributed by atoms with Crippen LogP contribution in [0.25, 0.3) is 11.1 Å². The normalized spacial score (nSPS) is 14.0. The highest BCUT2D eigenvalue weighted by Crippen LogP contribution is 2.34. The molecule has 0 radical (unpaired) electrons. The standard InChI is InChI=1S/C59H62ClF5N4O12/c1-59(2,3)81-58(75)67-43(22-15-27-66-56(73)78-33-36-18-11-7-12-19-36)53(70)69(4)45(55(72)76-5)31-40-28-38(23-25-42(40)60)39-24-26-46(77-32-35-16-9-6-10-17-35)41(29-39)30-44(68-57(74)79-34-37-20-13-8-14-21-37)54(71)80-52-50(64)48(62)47(61)49(63)51(52)65/h6,9-11,13,16-21,23-26,28-29,43-45H,7-8,12,14-15,22,27,30-34H2,1-5H3,(H,66,73)(H,67,75)(H,68,74)/t43-,44?,45?/m0/s1. The smallest absolute Gasteiger partial charge is 0.408 e. The Bertz CT molecular complexity index is 3050. The maximum atomic E-state index is 14.9. The van der Waals surface area contributed by atoms with Crippen molar-refractivity contribution < 1.29 is 79.1 Å². The summed E-state index contributed by atoms with van der Waals surface area (Å²) in [5.41, 5.74) is 2.58. The van der Waals surface area contributed by atoms with Crippen molar-refractivity contribution in [3.8, 4) is 22.6 Å². The summed E-state index contributed by atoms with van der Waals surface area (Å²) in [5, 5.41) is 7.69. The van der Waals surface area contributed by atoms with Gasteiger partial charge in [0, 0.05) is 31.5 Å². The number of carbonyl (C=O) groups excluding carboxylic acids is 6. The van der Waals surface area contributed by atoms with Crippen molar-refractivity contribution in [2.75, 3.05) is 33.9 Å². The van der Waals surface area contributed by atoms with Crippen LogP contribution in [0.3, 0.4) is 0 Å². The number of alkyl carbamates (subject to hydrolysis) is 3. The Hall–Kier alpha value is -8.20. The number of ether oxygens (including phenoxy) is 6. The van der Waals surface area contributed by atoms with Crippen LogP contribution in [-0.4, -0.2) is 98.7 Å². The highest BCUT2D eigenvalue weighted by molar-refractivity contribution is 6.31. The lowest BCUT2D eigenvalue weighted by atomic mass is 9.95. The van der Waals surface area contributed by atoms with Crippen molar-refractivity contribution in [3.05, 3.63) is 165 Å². The molecule has 0 bridgehead atoms. The first-order valence-corrected chi connectivity index (χ1v) is 26.2. The predicted octanol–water partition coefficient (Wildman–Crippen LogP) is 11.0. The van der Waals surface area contributed by atoms with E-state index in [1.165, 1.54) is 25.2 Å². The van der Waals surface area contributed by atoms with E-state index < -0.39 is 101 Å². The molecule has 2 aliphatic carbocycles. The Balaban J connectivity index is 1.29. The van der Waals surface area contributed by atoms with Crippen molar-refractivity contribution >= 4 is 47.7 Å². The van der Waals surface area contributed by atoms with Gasteiger partial charge in [-0.1, -0.05) is 90.5 Å². The largest absolute Gasteiger partial charge is 0.489 e. The van der Waals surface area contributed by atoms with Gasteiger partial charge in [0.15, 0.2) is 0 Å². The topological polar surface area (TPSA) is 197 Å². The number of likely N-dealkylation sites (N-methyl/N-ethyl adjacent to an activating group) is 1. The third kappa shape index (κ3) is 18.2. The number of halogens is 6. The monoisotopic (exact) mass is 1150 g/mol. The number of nitrogens with one attached hydrogen (secondary N) is 3. The molecule has 4 aromatic rings. The molecule has 432 valence electrons. The molecule has 2 unspecified atom stereocenters. The van der Waals surface area contributed by atoms with Gasteiger partial charge in [-0.2, -0.15) is 8.78 Å². The molecule has 4 amide bonds. The van der Waals surface area contributed by atoms with Crippen molar-refractivity contribution in [1.29, 1.82) is 0 Å². The Kier molecular flexibility index (Phi) is 22.4. The highest BCUT2D eigenvalue weighted by atomic mass is 35.5. The molecular weight excluding hydrogens is 1090 g/mol. The number of hydrogen-bond acceptors (Lipinski definition) is 12. The van der Waals surface area contributed by atoms with Gasteiger partial charge in [0.1, 0.15) is 49.3 Å². The van der Waals surface area contributed by atoms with E-state index in [0.717, 1.165) is 42.4 Å². The Morgan fingerprint density at radius 2 is 1.25 bits per heavy atom. The number of carbonyl (C=O) groups is 6. The summed E-state index contributed by atoms with van der Waals surface area (Å²) in [6.45, 7) is 4.79. The minimum absolute atomic E-state index is 0.0175. The molecule has 16 nitrogen and oxygen atoms in total. The molecule has 0 heterocycles.